The molecule has 7 nitrogen and oxygen atoms in total. The van der Waals surface area contributed by atoms with E-state index < -0.39 is 11.7 Å². The summed E-state index contributed by atoms with van der Waals surface area (Å²) in [7, 11) is 1.66. The molecule has 0 saturated heterocycles. The summed E-state index contributed by atoms with van der Waals surface area (Å²) in [5, 5.41) is 9.22. The molecular formula is C19H32N4O3. The lowest BCUT2D eigenvalue weighted by Gasteiger charge is -2.19. The van der Waals surface area contributed by atoms with E-state index in [0.29, 0.717) is 18.8 Å². The first-order valence-electron chi connectivity index (χ1n) is 8.94. The second-order valence-electron chi connectivity index (χ2n) is 6.75. The van der Waals surface area contributed by atoms with Crippen molar-refractivity contribution in [3.8, 4) is 0 Å². The van der Waals surface area contributed by atoms with Crippen LogP contribution in [0.1, 0.15) is 33.3 Å². The number of amides is 1. The van der Waals surface area contributed by atoms with Crippen molar-refractivity contribution < 1.29 is 14.3 Å². The zero-order chi connectivity index (χ0) is 19.4. The predicted octanol–water partition coefficient (Wildman–Crippen LogP) is 2.78. The van der Waals surface area contributed by atoms with E-state index in [1.54, 1.807) is 7.11 Å². The lowest BCUT2D eigenvalue weighted by molar-refractivity contribution is 0.0636. The van der Waals surface area contributed by atoms with Crippen LogP contribution in [0.3, 0.4) is 0 Å². The Morgan fingerprint density at radius 2 is 1.85 bits per heavy atom. The van der Waals surface area contributed by atoms with Crippen molar-refractivity contribution >= 4 is 17.7 Å². The Morgan fingerprint density at radius 1 is 1.15 bits per heavy atom. The fourth-order valence-electron chi connectivity index (χ4n) is 2.09. The van der Waals surface area contributed by atoms with E-state index in [0.717, 1.165) is 25.5 Å². The van der Waals surface area contributed by atoms with Crippen molar-refractivity contribution in [1.82, 2.24) is 10.6 Å². The van der Waals surface area contributed by atoms with Gasteiger partial charge in [0.15, 0.2) is 5.96 Å². The Kier molecular flexibility index (Phi) is 9.51. The molecule has 0 radical (unpaired) electrons. The molecule has 0 spiro atoms. The number of nitrogens with zero attached hydrogens (tertiary/aromatic N) is 1. The summed E-state index contributed by atoms with van der Waals surface area (Å²) in [4.78, 5) is 16.2. The van der Waals surface area contributed by atoms with Crippen LogP contribution < -0.4 is 16.0 Å². The predicted molar refractivity (Wildman–Crippen MR) is 106 cm³/mol. The number of rotatable bonds is 8. The summed E-state index contributed by atoms with van der Waals surface area (Å²) in [5.74, 6) is 0.785. The van der Waals surface area contributed by atoms with Crippen LogP contribution in [0.2, 0.25) is 0 Å². The number of benzene rings is 1. The van der Waals surface area contributed by atoms with Crippen LogP contribution in [0.15, 0.2) is 29.3 Å². The Hall–Kier alpha value is -2.28. The highest BCUT2D eigenvalue weighted by molar-refractivity contribution is 5.84. The highest BCUT2D eigenvalue weighted by atomic mass is 16.6. The normalized spacial score (nSPS) is 11.8. The molecule has 0 heterocycles. The lowest BCUT2D eigenvalue weighted by Crippen LogP contribution is -2.38. The maximum atomic E-state index is 11.8. The quantitative estimate of drug-likeness (QED) is 0.375. The van der Waals surface area contributed by atoms with Gasteiger partial charge in [0.1, 0.15) is 5.60 Å². The molecule has 1 aromatic carbocycles. The van der Waals surface area contributed by atoms with Crippen LogP contribution in [-0.2, 0) is 15.9 Å². The Balaban J connectivity index is 2.44. The molecule has 0 atom stereocenters. The zero-order valence-electron chi connectivity index (χ0n) is 16.5. The average molecular weight is 364 g/mol. The molecule has 1 amide bonds. The van der Waals surface area contributed by atoms with Crippen LogP contribution in [0.25, 0.3) is 0 Å². The van der Waals surface area contributed by atoms with Crippen molar-refractivity contribution in [2.24, 2.45) is 4.99 Å². The number of guanidine groups is 1. The molecule has 1 aromatic rings. The fraction of sp³-hybridized carbons (Fsp3) is 0.579. The first-order valence-corrected chi connectivity index (χ1v) is 8.94. The van der Waals surface area contributed by atoms with Crippen LogP contribution in [0, 0.1) is 0 Å². The summed E-state index contributed by atoms with van der Waals surface area (Å²) in [6, 6.07) is 7.72. The number of carbonyl (C=O) groups is 1. The number of methoxy groups -OCH3 is 1. The van der Waals surface area contributed by atoms with Gasteiger partial charge in [0.2, 0.25) is 0 Å². The van der Waals surface area contributed by atoms with Crippen LogP contribution in [0.4, 0.5) is 10.5 Å². The lowest BCUT2D eigenvalue weighted by atomic mass is 10.1. The number of nitrogens with one attached hydrogen (secondary N) is 3. The van der Waals surface area contributed by atoms with Gasteiger partial charge in [0, 0.05) is 25.9 Å². The van der Waals surface area contributed by atoms with Gasteiger partial charge >= 0.3 is 6.09 Å². The minimum atomic E-state index is -0.509. The van der Waals surface area contributed by atoms with Gasteiger partial charge in [0.25, 0.3) is 0 Å². The van der Waals surface area contributed by atoms with Crippen molar-refractivity contribution in [3.05, 3.63) is 29.8 Å². The molecule has 0 fully saturated rings. The van der Waals surface area contributed by atoms with E-state index >= 15 is 0 Å². The number of anilines is 1. The molecule has 0 aromatic heterocycles. The molecule has 1 rings (SSSR count). The second-order valence-corrected chi connectivity index (χ2v) is 6.75. The van der Waals surface area contributed by atoms with Gasteiger partial charge in [-0.2, -0.15) is 0 Å². The minimum Gasteiger partial charge on any atom is -0.444 e. The van der Waals surface area contributed by atoms with Crippen LogP contribution in [0.5, 0.6) is 0 Å². The molecule has 0 saturated carbocycles. The highest BCUT2D eigenvalue weighted by Gasteiger charge is 2.16. The number of aliphatic imine (C=N–C) groups is 1. The molecule has 146 valence electrons. The number of carbonyl (C=O) groups excluding carboxylic acids is 1. The van der Waals surface area contributed by atoms with Crippen LogP contribution in [-0.4, -0.2) is 51.0 Å². The molecule has 0 aliphatic carbocycles. The maximum absolute atomic E-state index is 11.8. The summed E-state index contributed by atoms with van der Waals surface area (Å²) < 4.78 is 10.2. The van der Waals surface area contributed by atoms with E-state index in [4.69, 9.17) is 9.47 Å². The SMILES string of the molecule is CCNC(=NCCOC)NCCc1ccc(NC(=O)OC(C)(C)C)cc1. The van der Waals surface area contributed by atoms with Gasteiger partial charge in [0.05, 0.1) is 13.2 Å². The first-order chi connectivity index (χ1) is 12.3. The molecule has 0 bridgehead atoms. The van der Waals surface area contributed by atoms with Crippen molar-refractivity contribution in [2.75, 3.05) is 38.7 Å². The van der Waals surface area contributed by atoms with Gasteiger partial charge in [-0.3, -0.25) is 10.3 Å². The smallest absolute Gasteiger partial charge is 0.412 e. The number of hydrogen-bond donors (Lipinski definition) is 3. The van der Waals surface area contributed by atoms with E-state index in [2.05, 4.69) is 20.9 Å². The Morgan fingerprint density at radius 3 is 2.42 bits per heavy atom. The Labute approximate surface area is 156 Å². The second kappa shape index (κ2) is 11.4. The maximum Gasteiger partial charge on any atom is 0.412 e. The Bertz CT molecular complexity index is 565. The van der Waals surface area contributed by atoms with E-state index in [1.165, 1.54) is 5.56 Å². The largest absolute Gasteiger partial charge is 0.444 e. The van der Waals surface area contributed by atoms with E-state index in [1.807, 2.05) is 52.0 Å². The van der Waals surface area contributed by atoms with E-state index in [9.17, 15) is 4.79 Å². The first kappa shape index (κ1) is 21.8. The van der Waals surface area contributed by atoms with Gasteiger partial charge in [-0.25, -0.2) is 4.79 Å². The molecule has 0 aliphatic rings. The number of ether oxygens (including phenoxy) is 2. The third-order valence-corrected chi connectivity index (χ3v) is 3.21. The van der Waals surface area contributed by atoms with E-state index in [-0.39, 0.29) is 0 Å². The molecular weight excluding hydrogens is 332 g/mol. The molecule has 0 aliphatic heterocycles. The van der Waals surface area contributed by atoms with Gasteiger partial charge < -0.3 is 20.1 Å². The van der Waals surface area contributed by atoms with Crippen molar-refractivity contribution in [3.63, 3.8) is 0 Å². The summed E-state index contributed by atoms with van der Waals surface area (Å²) in [6.45, 7) is 10.3. The molecule has 3 N–H and O–H groups in total. The fourth-order valence-corrected chi connectivity index (χ4v) is 2.09. The highest BCUT2D eigenvalue weighted by Crippen LogP contribution is 2.13. The summed E-state index contributed by atoms with van der Waals surface area (Å²) >= 11 is 0. The third kappa shape index (κ3) is 9.88. The van der Waals surface area contributed by atoms with Gasteiger partial charge in [-0.1, -0.05) is 12.1 Å². The van der Waals surface area contributed by atoms with Crippen LogP contribution >= 0.6 is 0 Å². The molecule has 7 heteroatoms. The van der Waals surface area contributed by atoms with Gasteiger partial charge in [-0.15, -0.1) is 0 Å². The average Bonchev–Trinajstić information content (AvgIpc) is 2.55. The summed E-state index contributed by atoms with van der Waals surface area (Å²) in [5.41, 5.74) is 1.37. The molecule has 0 unspecified atom stereocenters. The van der Waals surface area contributed by atoms with Crippen molar-refractivity contribution in [1.29, 1.82) is 0 Å². The molecule has 26 heavy (non-hydrogen) atoms. The zero-order valence-corrected chi connectivity index (χ0v) is 16.5. The van der Waals surface area contributed by atoms with Gasteiger partial charge in [-0.05, 0) is 51.8 Å². The number of hydrogen-bond acceptors (Lipinski definition) is 4. The monoisotopic (exact) mass is 364 g/mol. The third-order valence-electron chi connectivity index (χ3n) is 3.21. The standard InChI is InChI=1S/C19H32N4O3/c1-6-20-17(22-13-14-25-5)21-12-11-15-7-9-16(10-8-15)23-18(24)26-19(2,3)4/h7-10H,6,11-14H2,1-5H3,(H,23,24)(H2,20,21,22). The minimum absolute atomic E-state index is 0.450. The van der Waals surface area contributed by atoms with Crippen molar-refractivity contribution in [2.45, 2.75) is 39.7 Å². The summed E-state index contributed by atoms with van der Waals surface area (Å²) in [6.07, 6.45) is 0.399. The topological polar surface area (TPSA) is 84.0 Å².